The second-order valence-corrected chi connectivity index (χ2v) is 5.67. The largest absolute Gasteiger partial charge is 0.493 e. The number of carboxylic acid groups (broad SMARTS) is 1. The van der Waals surface area contributed by atoms with Gasteiger partial charge in [-0.3, -0.25) is 4.79 Å². The molecule has 1 atom stereocenters. The molecule has 0 fully saturated rings. The smallest absolute Gasteiger partial charge is 0.335 e. The summed E-state index contributed by atoms with van der Waals surface area (Å²) in [6, 6.07) is 11.7. The van der Waals surface area contributed by atoms with Crippen LogP contribution in [0.5, 0.6) is 11.5 Å². The summed E-state index contributed by atoms with van der Waals surface area (Å²) >= 11 is 0. The van der Waals surface area contributed by atoms with Crippen molar-refractivity contribution < 1.29 is 24.2 Å². The molecule has 0 saturated carbocycles. The molecule has 132 valence electrons. The molecular weight excluding hydrogens is 322 g/mol. The first-order valence-corrected chi connectivity index (χ1v) is 7.79. The van der Waals surface area contributed by atoms with E-state index in [0.29, 0.717) is 23.6 Å². The highest BCUT2D eigenvalue weighted by Crippen LogP contribution is 2.28. The zero-order chi connectivity index (χ0) is 18.4. The van der Waals surface area contributed by atoms with Gasteiger partial charge in [-0.15, -0.1) is 0 Å². The minimum absolute atomic E-state index is 0.130. The number of anilines is 1. The molecule has 2 aromatic carbocycles. The predicted molar refractivity (Wildman–Crippen MR) is 94.4 cm³/mol. The molecule has 0 aliphatic rings. The first kappa shape index (κ1) is 18.3. The molecule has 2 N–H and O–H groups in total. The minimum atomic E-state index is -1.03. The predicted octanol–water partition coefficient (Wildman–Crippen LogP) is 3.22. The standard InChI is InChI=1S/C19H21NO5/c1-12(9-13-7-8-16(24-2)17(10-13)25-3)18(21)20-15-6-4-5-14(11-15)19(22)23/h4-8,10-12H,9H2,1-3H3,(H,20,21)(H,22,23). The molecule has 0 bridgehead atoms. The zero-order valence-electron chi connectivity index (χ0n) is 14.4. The Morgan fingerprint density at radius 3 is 2.44 bits per heavy atom. The molecule has 0 heterocycles. The van der Waals surface area contributed by atoms with Crippen LogP contribution >= 0.6 is 0 Å². The summed E-state index contributed by atoms with van der Waals surface area (Å²) in [6.45, 7) is 1.81. The van der Waals surface area contributed by atoms with Crippen LogP contribution in [0, 0.1) is 5.92 Å². The van der Waals surface area contributed by atoms with Crippen molar-refractivity contribution in [1.82, 2.24) is 0 Å². The summed E-state index contributed by atoms with van der Waals surface area (Å²) < 4.78 is 10.5. The first-order chi connectivity index (χ1) is 11.9. The summed E-state index contributed by atoms with van der Waals surface area (Å²) in [5, 5.41) is 11.8. The van der Waals surface area contributed by atoms with Crippen molar-refractivity contribution in [2.75, 3.05) is 19.5 Å². The molecule has 0 aliphatic carbocycles. The number of ether oxygens (including phenoxy) is 2. The number of amides is 1. The third kappa shape index (κ3) is 4.73. The lowest BCUT2D eigenvalue weighted by molar-refractivity contribution is -0.119. The lowest BCUT2D eigenvalue weighted by Gasteiger charge is -2.14. The van der Waals surface area contributed by atoms with Crippen LogP contribution in [0.15, 0.2) is 42.5 Å². The van der Waals surface area contributed by atoms with E-state index < -0.39 is 5.97 Å². The molecule has 6 heteroatoms. The van der Waals surface area contributed by atoms with E-state index in [1.165, 1.54) is 12.1 Å². The molecule has 1 amide bonds. The minimum Gasteiger partial charge on any atom is -0.493 e. The Hall–Kier alpha value is -3.02. The molecule has 25 heavy (non-hydrogen) atoms. The van der Waals surface area contributed by atoms with Gasteiger partial charge >= 0.3 is 5.97 Å². The Balaban J connectivity index is 2.05. The lowest BCUT2D eigenvalue weighted by Crippen LogP contribution is -2.22. The number of aromatic carboxylic acids is 1. The maximum Gasteiger partial charge on any atom is 0.335 e. The van der Waals surface area contributed by atoms with Crippen molar-refractivity contribution in [2.24, 2.45) is 5.92 Å². The molecule has 1 unspecified atom stereocenters. The quantitative estimate of drug-likeness (QED) is 0.806. The van der Waals surface area contributed by atoms with E-state index >= 15 is 0 Å². The Labute approximate surface area is 146 Å². The second-order valence-electron chi connectivity index (χ2n) is 5.67. The average molecular weight is 343 g/mol. The third-order valence-electron chi connectivity index (χ3n) is 3.81. The van der Waals surface area contributed by atoms with Crippen molar-refractivity contribution in [1.29, 1.82) is 0 Å². The first-order valence-electron chi connectivity index (χ1n) is 7.79. The van der Waals surface area contributed by atoms with E-state index in [2.05, 4.69) is 5.32 Å². The van der Waals surface area contributed by atoms with Gasteiger partial charge in [0.25, 0.3) is 0 Å². The second kappa shape index (κ2) is 8.19. The van der Waals surface area contributed by atoms with Gasteiger partial charge < -0.3 is 19.9 Å². The van der Waals surface area contributed by atoms with E-state index in [9.17, 15) is 9.59 Å². The average Bonchev–Trinajstić information content (AvgIpc) is 2.61. The molecule has 0 radical (unpaired) electrons. The van der Waals surface area contributed by atoms with Crippen LogP contribution in [0.3, 0.4) is 0 Å². The van der Waals surface area contributed by atoms with Crippen molar-refractivity contribution in [2.45, 2.75) is 13.3 Å². The third-order valence-corrected chi connectivity index (χ3v) is 3.81. The maximum atomic E-state index is 12.4. The van der Waals surface area contributed by atoms with Gasteiger partial charge in [-0.25, -0.2) is 4.79 Å². The summed E-state index contributed by atoms with van der Waals surface area (Å²) in [4.78, 5) is 23.4. The SMILES string of the molecule is COc1ccc(CC(C)C(=O)Nc2cccc(C(=O)O)c2)cc1OC. The number of methoxy groups -OCH3 is 2. The lowest BCUT2D eigenvalue weighted by atomic mass is 9.99. The highest BCUT2D eigenvalue weighted by atomic mass is 16.5. The van der Waals surface area contributed by atoms with Gasteiger partial charge in [0.15, 0.2) is 11.5 Å². The van der Waals surface area contributed by atoms with Crippen molar-refractivity contribution in [3.63, 3.8) is 0 Å². The summed E-state index contributed by atoms with van der Waals surface area (Å²) in [5.74, 6) is -0.269. The van der Waals surface area contributed by atoms with Gasteiger partial charge in [0.2, 0.25) is 5.91 Å². The van der Waals surface area contributed by atoms with Crippen LogP contribution in [-0.2, 0) is 11.2 Å². The Kier molecular flexibility index (Phi) is 6.00. The van der Waals surface area contributed by atoms with Crippen LogP contribution in [0.4, 0.5) is 5.69 Å². The van der Waals surface area contributed by atoms with E-state index in [1.807, 2.05) is 19.1 Å². The number of hydrogen-bond donors (Lipinski definition) is 2. The van der Waals surface area contributed by atoms with Gasteiger partial charge in [-0.05, 0) is 42.3 Å². The van der Waals surface area contributed by atoms with Gasteiger partial charge in [0.1, 0.15) is 0 Å². The Bertz CT molecular complexity index is 772. The molecular formula is C19H21NO5. The number of benzene rings is 2. The van der Waals surface area contributed by atoms with Crippen LogP contribution in [-0.4, -0.2) is 31.2 Å². The number of carbonyl (C=O) groups is 2. The van der Waals surface area contributed by atoms with Crippen LogP contribution in [0.25, 0.3) is 0 Å². The maximum absolute atomic E-state index is 12.4. The van der Waals surface area contributed by atoms with E-state index in [0.717, 1.165) is 5.56 Å². The highest BCUT2D eigenvalue weighted by molar-refractivity contribution is 5.94. The molecule has 2 aromatic rings. The molecule has 0 spiro atoms. The van der Waals surface area contributed by atoms with Gasteiger partial charge in [0, 0.05) is 11.6 Å². The van der Waals surface area contributed by atoms with Crippen molar-refractivity contribution in [3.05, 3.63) is 53.6 Å². The number of rotatable bonds is 7. The van der Waals surface area contributed by atoms with E-state index in [-0.39, 0.29) is 17.4 Å². The van der Waals surface area contributed by atoms with Crippen molar-refractivity contribution >= 4 is 17.6 Å². The van der Waals surface area contributed by atoms with Crippen LogP contribution in [0.2, 0.25) is 0 Å². The van der Waals surface area contributed by atoms with E-state index in [1.54, 1.807) is 32.4 Å². The monoisotopic (exact) mass is 343 g/mol. The molecule has 0 aromatic heterocycles. The summed E-state index contributed by atoms with van der Waals surface area (Å²) in [5.41, 5.74) is 1.54. The van der Waals surface area contributed by atoms with Gasteiger partial charge in [0.05, 0.1) is 19.8 Å². The number of carbonyl (C=O) groups excluding carboxylic acids is 1. The molecule has 2 rings (SSSR count). The fraction of sp³-hybridized carbons (Fsp3) is 0.263. The topological polar surface area (TPSA) is 84.9 Å². The Morgan fingerprint density at radius 1 is 1.08 bits per heavy atom. The molecule has 6 nitrogen and oxygen atoms in total. The molecule has 0 aliphatic heterocycles. The van der Waals surface area contributed by atoms with Gasteiger partial charge in [-0.1, -0.05) is 19.1 Å². The fourth-order valence-corrected chi connectivity index (χ4v) is 2.45. The summed E-state index contributed by atoms with van der Waals surface area (Å²) in [6.07, 6.45) is 0.519. The van der Waals surface area contributed by atoms with Crippen molar-refractivity contribution in [3.8, 4) is 11.5 Å². The normalized spacial score (nSPS) is 11.5. The Morgan fingerprint density at radius 2 is 1.80 bits per heavy atom. The van der Waals surface area contributed by atoms with Crippen LogP contribution < -0.4 is 14.8 Å². The number of nitrogens with one attached hydrogen (secondary N) is 1. The van der Waals surface area contributed by atoms with E-state index in [4.69, 9.17) is 14.6 Å². The summed E-state index contributed by atoms with van der Waals surface area (Å²) in [7, 11) is 3.13. The highest BCUT2D eigenvalue weighted by Gasteiger charge is 2.16. The fourth-order valence-electron chi connectivity index (χ4n) is 2.45. The molecule has 0 saturated heterocycles. The van der Waals surface area contributed by atoms with Gasteiger partial charge in [-0.2, -0.15) is 0 Å². The van der Waals surface area contributed by atoms with Crippen LogP contribution in [0.1, 0.15) is 22.8 Å². The number of hydrogen-bond acceptors (Lipinski definition) is 4. The zero-order valence-corrected chi connectivity index (χ0v) is 14.4. The number of carboxylic acids is 1.